The highest BCUT2D eigenvalue weighted by Crippen LogP contribution is 2.28. The van der Waals surface area contributed by atoms with Crippen LogP contribution >= 0.6 is 11.3 Å². The van der Waals surface area contributed by atoms with Gasteiger partial charge in [-0.05, 0) is 42.8 Å². The number of amides is 1. The van der Waals surface area contributed by atoms with Crippen molar-refractivity contribution in [3.8, 4) is 10.9 Å². The average Bonchev–Trinajstić information content (AvgIpc) is 3.20. The second-order valence-electron chi connectivity index (χ2n) is 6.67. The summed E-state index contributed by atoms with van der Waals surface area (Å²) >= 11 is 1.38. The van der Waals surface area contributed by atoms with Crippen LogP contribution in [0.1, 0.15) is 18.1 Å². The highest BCUT2D eigenvalue weighted by atomic mass is 32.1. The van der Waals surface area contributed by atoms with Crippen LogP contribution in [-0.4, -0.2) is 10.9 Å². The summed E-state index contributed by atoms with van der Waals surface area (Å²) in [7, 11) is 0. The molecule has 0 saturated carbocycles. The standard InChI is InChI=1S/C22H19N3O4S/c1-13-18-7-6-17(28-22-23-8-9-30-22)11-20(18)29-21(27)19(13)12-24-15-4-3-5-16(10-15)25-14(2)26/h3-11,24H,12H2,1-2H3,(H,25,26). The summed E-state index contributed by atoms with van der Waals surface area (Å²) in [5, 5.41) is 9.14. The first-order valence-electron chi connectivity index (χ1n) is 9.25. The Balaban J connectivity index is 1.57. The number of nitrogens with zero attached hydrogens (tertiary/aromatic N) is 1. The summed E-state index contributed by atoms with van der Waals surface area (Å²) in [6, 6.07) is 12.7. The van der Waals surface area contributed by atoms with E-state index in [1.165, 1.54) is 18.3 Å². The molecule has 0 atom stereocenters. The molecule has 2 heterocycles. The maximum atomic E-state index is 12.6. The molecule has 0 spiro atoms. The molecule has 0 unspecified atom stereocenters. The van der Waals surface area contributed by atoms with Crippen molar-refractivity contribution in [2.75, 3.05) is 10.6 Å². The molecule has 4 aromatic rings. The first-order chi connectivity index (χ1) is 14.5. The van der Waals surface area contributed by atoms with Crippen LogP contribution < -0.4 is 21.0 Å². The minimum atomic E-state index is -0.406. The molecular formula is C22H19N3O4S. The zero-order chi connectivity index (χ0) is 21.1. The van der Waals surface area contributed by atoms with Gasteiger partial charge in [0.15, 0.2) is 0 Å². The summed E-state index contributed by atoms with van der Waals surface area (Å²) < 4.78 is 11.2. The number of hydrogen-bond donors (Lipinski definition) is 2. The number of rotatable bonds is 6. The second-order valence-corrected chi connectivity index (χ2v) is 7.52. The van der Waals surface area contributed by atoms with Crippen LogP contribution in [0.5, 0.6) is 10.9 Å². The number of carbonyl (C=O) groups excluding carboxylic acids is 1. The maximum Gasteiger partial charge on any atom is 0.341 e. The van der Waals surface area contributed by atoms with E-state index < -0.39 is 5.63 Å². The van der Waals surface area contributed by atoms with Gasteiger partial charge in [-0.15, -0.1) is 0 Å². The molecule has 152 valence electrons. The van der Waals surface area contributed by atoms with Crippen molar-refractivity contribution < 1.29 is 13.9 Å². The van der Waals surface area contributed by atoms with Gasteiger partial charge >= 0.3 is 5.63 Å². The largest absolute Gasteiger partial charge is 0.431 e. The monoisotopic (exact) mass is 421 g/mol. The molecule has 4 rings (SSSR count). The number of anilines is 2. The minimum absolute atomic E-state index is 0.142. The smallest absolute Gasteiger partial charge is 0.341 e. The van der Waals surface area contributed by atoms with E-state index in [9.17, 15) is 9.59 Å². The molecule has 30 heavy (non-hydrogen) atoms. The summed E-state index contributed by atoms with van der Waals surface area (Å²) in [4.78, 5) is 27.9. The average molecular weight is 421 g/mol. The van der Waals surface area contributed by atoms with E-state index in [-0.39, 0.29) is 5.91 Å². The van der Waals surface area contributed by atoms with Crippen molar-refractivity contribution in [1.29, 1.82) is 0 Å². The summed E-state index contributed by atoms with van der Waals surface area (Å²) in [6.07, 6.45) is 1.66. The number of carbonyl (C=O) groups is 1. The number of ether oxygens (including phenoxy) is 1. The normalized spacial score (nSPS) is 10.7. The highest BCUT2D eigenvalue weighted by molar-refractivity contribution is 7.11. The topological polar surface area (TPSA) is 93.5 Å². The van der Waals surface area contributed by atoms with Gasteiger partial charge in [-0.25, -0.2) is 9.78 Å². The minimum Gasteiger partial charge on any atom is -0.431 e. The van der Waals surface area contributed by atoms with E-state index in [0.29, 0.717) is 34.3 Å². The van der Waals surface area contributed by atoms with Crippen LogP contribution in [0, 0.1) is 6.92 Å². The van der Waals surface area contributed by atoms with Gasteiger partial charge in [0.25, 0.3) is 5.19 Å². The van der Waals surface area contributed by atoms with Gasteiger partial charge in [0.05, 0.1) is 5.56 Å². The Kier molecular flexibility index (Phi) is 5.49. The fraction of sp³-hybridized carbons (Fsp3) is 0.136. The lowest BCUT2D eigenvalue weighted by Crippen LogP contribution is -2.14. The van der Waals surface area contributed by atoms with Crippen molar-refractivity contribution in [3.05, 3.63) is 75.6 Å². The van der Waals surface area contributed by atoms with Crippen LogP contribution in [0.4, 0.5) is 11.4 Å². The molecule has 0 aliphatic carbocycles. The van der Waals surface area contributed by atoms with Gasteiger partial charge in [0.1, 0.15) is 11.3 Å². The van der Waals surface area contributed by atoms with E-state index in [0.717, 1.165) is 16.6 Å². The van der Waals surface area contributed by atoms with E-state index in [1.54, 1.807) is 18.3 Å². The maximum absolute atomic E-state index is 12.6. The van der Waals surface area contributed by atoms with Crippen LogP contribution in [0.15, 0.2) is 63.3 Å². The molecule has 0 bridgehead atoms. The zero-order valence-electron chi connectivity index (χ0n) is 16.4. The third-order valence-electron chi connectivity index (χ3n) is 4.53. The van der Waals surface area contributed by atoms with Gasteiger partial charge in [0.2, 0.25) is 5.91 Å². The first kappa shape index (κ1) is 19.7. The lowest BCUT2D eigenvalue weighted by Gasteiger charge is -2.12. The number of fused-ring (bicyclic) bond motifs is 1. The second kappa shape index (κ2) is 8.38. The predicted molar refractivity (Wildman–Crippen MR) is 117 cm³/mol. The summed E-state index contributed by atoms with van der Waals surface area (Å²) in [6.45, 7) is 3.65. The molecule has 7 nitrogen and oxygen atoms in total. The molecule has 2 aromatic heterocycles. The molecule has 1 amide bonds. The van der Waals surface area contributed by atoms with Crippen molar-refractivity contribution in [3.63, 3.8) is 0 Å². The van der Waals surface area contributed by atoms with E-state index in [1.807, 2.05) is 42.6 Å². The van der Waals surface area contributed by atoms with Crippen LogP contribution in [0.2, 0.25) is 0 Å². The number of benzene rings is 2. The lowest BCUT2D eigenvalue weighted by molar-refractivity contribution is -0.114. The van der Waals surface area contributed by atoms with Gasteiger partial charge < -0.3 is 19.8 Å². The lowest BCUT2D eigenvalue weighted by atomic mass is 10.1. The fourth-order valence-electron chi connectivity index (χ4n) is 3.10. The Morgan fingerprint density at radius 3 is 2.80 bits per heavy atom. The third kappa shape index (κ3) is 4.33. The number of aromatic nitrogens is 1. The molecule has 0 saturated heterocycles. The molecule has 0 radical (unpaired) electrons. The number of hydrogen-bond acceptors (Lipinski definition) is 7. The van der Waals surface area contributed by atoms with Crippen molar-refractivity contribution in [2.24, 2.45) is 0 Å². The van der Waals surface area contributed by atoms with E-state index >= 15 is 0 Å². The van der Waals surface area contributed by atoms with Crippen molar-refractivity contribution in [2.45, 2.75) is 20.4 Å². The van der Waals surface area contributed by atoms with Gasteiger partial charge in [-0.1, -0.05) is 17.4 Å². The van der Waals surface area contributed by atoms with Gasteiger partial charge in [0, 0.05) is 47.9 Å². The number of thiazole rings is 1. The Hall–Kier alpha value is -3.65. The van der Waals surface area contributed by atoms with Crippen LogP contribution in [0.25, 0.3) is 11.0 Å². The fourth-order valence-corrected chi connectivity index (χ4v) is 3.61. The number of nitrogens with one attached hydrogen (secondary N) is 2. The van der Waals surface area contributed by atoms with Crippen LogP contribution in [-0.2, 0) is 11.3 Å². The molecule has 8 heteroatoms. The quantitative estimate of drug-likeness (QED) is 0.429. The molecule has 0 aliphatic heterocycles. The van der Waals surface area contributed by atoms with Crippen LogP contribution in [0.3, 0.4) is 0 Å². The Bertz CT molecular complexity index is 1270. The molecule has 0 fully saturated rings. The molecule has 0 aliphatic rings. The Morgan fingerprint density at radius 2 is 2.03 bits per heavy atom. The van der Waals surface area contributed by atoms with E-state index in [2.05, 4.69) is 15.6 Å². The van der Waals surface area contributed by atoms with Crippen molar-refractivity contribution >= 4 is 39.6 Å². The zero-order valence-corrected chi connectivity index (χ0v) is 17.2. The summed E-state index contributed by atoms with van der Waals surface area (Å²) in [5.74, 6) is 0.414. The molecule has 2 aromatic carbocycles. The van der Waals surface area contributed by atoms with Crippen molar-refractivity contribution in [1.82, 2.24) is 4.98 Å². The Labute approximate surface area is 176 Å². The summed E-state index contributed by atoms with van der Waals surface area (Å²) in [5.41, 5.74) is 2.91. The first-order valence-corrected chi connectivity index (χ1v) is 10.1. The SMILES string of the molecule is CC(=O)Nc1cccc(NCc2c(C)c3ccc(Oc4nccs4)cc3oc2=O)c1. The van der Waals surface area contributed by atoms with E-state index in [4.69, 9.17) is 9.15 Å². The predicted octanol–water partition coefficient (Wildman–Crippen LogP) is 4.92. The Morgan fingerprint density at radius 1 is 1.20 bits per heavy atom. The van der Waals surface area contributed by atoms with Gasteiger partial charge in [-0.2, -0.15) is 0 Å². The number of aryl methyl sites for hydroxylation is 1. The van der Waals surface area contributed by atoms with Gasteiger partial charge in [-0.3, -0.25) is 4.79 Å². The molecule has 2 N–H and O–H groups in total. The third-order valence-corrected chi connectivity index (χ3v) is 5.17. The molecular weight excluding hydrogens is 402 g/mol. The highest BCUT2D eigenvalue weighted by Gasteiger charge is 2.13.